The van der Waals surface area contributed by atoms with E-state index in [1.807, 2.05) is 13.0 Å². The number of allylic oxidation sites excluding steroid dienone is 1. The van der Waals surface area contributed by atoms with Crippen LogP contribution >= 0.6 is 23.4 Å². The van der Waals surface area contributed by atoms with E-state index in [0.29, 0.717) is 22.0 Å². The minimum Gasteiger partial charge on any atom is -0.508 e. The van der Waals surface area contributed by atoms with E-state index in [0.717, 1.165) is 23.0 Å². The van der Waals surface area contributed by atoms with Gasteiger partial charge in [-0.25, -0.2) is 4.99 Å². The summed E-state index contributed by atoms with van der Waals surface area (Å²) in [4.78, 5) is 19.9. The maximum Gasteiger partial charge on any atom is 0.255 e. The van der Waals surface area contributed by atoms with E-state index >= 15 is 0 Å². The second-order valence-electron chi connectivity index (χ2n) is 6.39. The Balaban J connectivity index is 1.73. The zero-order valence-electron chi connectivity index (χ0n) is 14.6. The number of aromatic hydroxyl groups is 1. The summed E-state index contributed by atoms with van der Waals surface area (Å²) >= 11 is 7.61. The molecule has 1 fully saturated rings. The van der Waals surface area contributed by atoms with Crippen molar-refractivity contribution in [3.8, 4) is 5.75 Å². The molecule has 0 aliphatic carbocycles. The number of hydrogen-bond acceptors (Lipinski definition) is 5. The van der Waals surface area contributed by atoms with Gasteiger partial charge in [0.1, 0.15) is 5.75 Å². The third-order valence-corrected chi connectivity index (χ3v) is 5.80. The van der Waals surface area contributed by atoms with Crippen molar-refractivity contribution in [2.45, 2.75) is 13.0 Å². The number of benzene rings is 2. The van der Waals surface area contributed by atoms with Gasteiger partial charge in [0.2, 0.25) is 0 Å². The first-order valence-electron chi connectivity index (χ1n) is 8.57. The van der Waals surface area contributed by atoms with E-state index in [-0.39, 0.29) is 17.7 Å². The largest absolute Gasteiger partial charge is 0.508 e. The number of halogens is 1. The number of nitrogens with zero attached hydrogens (tertiary/aromatic N) is 2. The molecule has 1 unspecified atom stereocenters. The molecule has 138 valence electrons. The fraction of sp³-hybridized carbons (Fsp3) is 0.200. The van der Waals surface area contributed by atoms with Crippen LogP contribution in [0.5, 0.6) is 5.75 Å². The number of hydrogen-bond donors (Lipinski definition) is 2. The second kappa shape index (κ2) is 7.29. The maximum absolute atomic E-state index is 13.2. The Morgan fingerprint density at radius 2 is 2.07 bits per heavy atom. The number of anilines is 1. The fourth-order valence-electron chi connectivity index (χ4n) is 3.37. The lowest BCUT2D eigenvalue weighted by atomic mass is 9.93. The van der Waals surface area contributed by atoms with Crippen molar-refractivity contribution in [3.05, 3.63) is 70.4 Å². The number of nitrogens with one attached hydrogen (secondary N) is 1. The number of aliphatic imine (C=N–C) groups is 1. The second-order valence-corrected chi connectivity index (χ2v) is 7.89. The number of carbonyl (C=O) groups excluding carboxylic acids is 1. The van der Waals surface area contributed by atoms with E-state index in [2.05, 4.69) is 15.2 Å². The Kier molecular flexibility index (Phi) is 4.85. The average Bonchev–Trinajstić information content (AvgIpc) is 3.10. The summed E-state index contributed by atoms with van der Waals surface area (Å²) in [6.07, 6.45) is 0. The number of fused-ring (bicyclic) bond motifs is 1. The summed E-state index contributed by atoms with van der Waals surface area (Å²) in [5, 5.41) is 14.4. The van der Waals surface area contributed by atoms with Crippen LogP contribution in [0.15, 0.2) is 64.8 Å². The van der Waals surface area contributed by atoms with Gasteiger partial charge in [-0.3, -0.25) is 4.79 Å². The SMILES string of the molecule is CC1=C(C(=O)Nc2ccc(Cl)cc2)C(c2cccc(O)c2)N2CCSC2=N1. The molecule has 2 aliphatic heterocycles. The number of amides is 1. The summed E-state index contributed by atoms with van der Waals surface area (Å²) < 4.78 is 0. The minimum absolute atomic E-state index is 0.179. The van der Waals surface area contributed by atoms with Crippen molar-refractivity contribution in [3.63, 3.8) is 0 Å². The number of amidine groups is 1. The lowest BCUT2D eigenvalue weighted by Gasteiger charge is -2.34. The van der Waals surface area contributed by atoms with E-state index in [1.165, 1.54) is 0 Å². The Hall–Kier alpha value is -2.44. The number of rotatable bonds is 3. The van der Waals surface area contributed by atoms with Gasteiger partial charge in [0, 0.05) is 23.0 Å². The van der Waals surface area contributed by atoms with Crippen molar-refractivity contribution < 1.29 is 9.90 Å². The Morgan fingerprint density at radius 1 is 1.30 bits per heavy atom. The predicted octanol–water partition coefficient (Wildman–Crippen LogP) is 4.42. The molecule has 0 spiro atoms. The van der Waals surface area contributed by atoms with Crippen molar-refractivity contribution >= 4 is 40.1 Å². The molecule has 0 saturated carbocycles. The predicted molar refractivity (Wildman–Crippen MR) is 110 cm³/mol. The van der Waals surface area contributed by atoms with Crippen LogP contribution in [0.3, 0.4) is 0 Å². The third kappa shape index (κ3) is 3.55. The van der Waals surface area contributed by atoms with Crippen LogP contribution in [0.1, 0.15) is 18.5 Å². The molecule has 2 aliphatic rings. The molecule has 2 heterocycles. The number of thioether (sulfide) groups is 1. The van der Waals surface area contributed by atoms with Gasteiger partial charge in [0.25, 0.3) is 5.91 Å². The van der Waals surface area contributed by atoms with Crippen LogP contribution in [0.25, 0.3) is 0 Å². The molecule has 2 N–H and O–H groups in total. The highest BCUT2D eigenvalue weighted by atomic mass is 35.5. The highest BCUT2D eigenvalue weighted by molar-refractivity contribution is 8.14. The van der Waals surface area contributed by atoms with Gasteiger partial charge in [-0.2, -0.15) is 0 Å². The highest BCUT2D eigenvalue weighted by Crippen LogP contribution is 2.41. The van der Waals surface area contributed by atoms with Crippen LogP contribution in [-0.4, -0.2) is 33.4 Å². The lowest BCUT2D eigenvalue weighted by Crippen LogP contribution is -2.37. The maximum atomic E-state index is 13.2. The van der Waals surface area contributed by atoms with E-state index in [9.17, 15) is 9.90 Å². The molecule has 1 atom stereocenters. The van der Waals surface area contributed by atoms with Crippen LogP contribution < -0.4 is 5.32 Å². The molecule has 5 nitrogen and oxygen atoms in total. The van der Waals surface area contributed by atoms with Gasteiger partial charge in [-0.15, -0.1) is 0 Å². The molecule has 1 saturated heterocycles. The lowest BCUT2D eigenvalue weighted by molar-refractivity contribution is -0.113. The quantitative estimate of drug-likeness (QED) is 0.801. The molecule has 4 rings (SSSR count). The van der Waals surface area contributed by atoms with Gasteiger partial charge < -0.3 is 15.3 Å². The standard InChI is InChI=1S/C20H18ClN3O2S/c1-12-17(19(26)23-15-7-5-14(21)6-8-15)18(13-3-2-4-16(25)11-13)24-9-10-27-20(24)22-12/h2-8,11,18,25H,9-10H2,1H3,(H,23,26). The average molecular weight is 400 g/mol. The van der Waals surface area contributed by atoms with Crippen LogP contribution in [0.4, 0.5) is 5.69 Å². The molecule has 2 aromatic rings. The van der Waals surface area contributed by atoms with Crippen molar-refractivity contribution in [1.82, 2.24) is 4.90 Å². The first-order valence-corrected chi connectivity index (χ1v) is 9.94. The summed E-state index contributed by atoms with van der Waals surface area (Å²) in [7, 11) is 0. The van der Waals surface area contributed by atoms with Gasteiger partial charge in [0.15, 0.2) is 5.17 Å². The zero-order valence-corrected chi connectivity index (χ0v) is 16.2. The van der Waals surface area contributed by atoms with Gasteiger partial charge in [-0.1, -0.05) is 35.5 Å². The van der Waals surface area contributed by atoms with E-state index in [1.54, 1.807) is 54.2 Å². The molecule has 2 aromatic carbocycles. The molecule has 0 aromatic heterocycles. The summed E-state index contributed by atoms with van der Waals surface area (Å²) in [6, 6.07) is 13.8. The molecule has 0 bridgehead atoms. The molecule has 1 amide bonds. The van der Waals surface area contributed by atoms with Crippen LogP contribution in [0, 0.1) is 0 Å². The Bertz CT molecular complexity index is 956. The third-order valence-electron chi connectivity index (χ3n) is 4.58. The summed E-state index contributed by atoms with van der Waals surface area (Å²) in [5.41, 5.74) is 2.81. The van der Waals surface area contributed by atoms with Crippen molar-refractivity contribution in [2.75, 3.05) is 17.6 Å². The van der Waals surface area contributed by atoms with E-state index in [4.69, 9.17) is 11.6 Å². The van der Waals surface area contributed by atoms with Crippen molar-refractivity contribution in [1.29, 1.82) is 0 Å². The normalized spacial score (nSPS) is 19.0. The first kappa shape index (κ1) is 17.9. The molecular formula is C20H18ClN3O2S. The Morgan fingerprint density at radius 3 is 2.81 bits per heavy atom. The van der Waals surface area contributed by atoms with Gasteiger partial charge in [0.05, 0.1) is 17.3 Å². The smallest absolute Gasteiger partial charge is 0.255 e. The van der Waals surface area contributed by atoms with Crippen molar-refractivity contribution in [2.24, 2.45) is 4.99 Å². The van der Waals surface area contributed by atoms with E-state index < -0.39 is 0 Å². The monoisotopic (exact) mass is 399 g/mol. The van der Waals surface area contributed by atoms with Crippen LogP contribution in [0.2, 0.25) is 5.02 Å². The molecule has 7 heteroatoms. The summed E-state index contributed by atoms with van der Waals surface area (Å²) in [5.74, 6) is 0.898. The van der Waals surface area contributed by atoms with Crippen LogP contribution in [-0.2, 0) is 4.79 Å². The highest BCUT2D eigenvalue weighted by Gasteiger charge is 2.38. The molecule has 27 heavy (non-hydrogen) atoms. The topological polar surface area (TPSA) is 64.9 Å². The van der Waals surface area contributed by atoms with Gasteiger partial charge >= 0.3 is 0 Å². The molecule has 0 radical (unpaired) electrons. The number of phenolic OH excluding ortho intramolecular Hbond substituents is 1. The van der Waals surface area contributed by atoms with Gasteiger partial charge in [-0.05, 0) is 48.9 Å². The zero-order chi connectivity index (χ0) is 19.0. The minimum atomic E-state index is -0.285. The number of carbonyl (C=O) groups is 1. The fourth-order valence-corrected chi connectivity index (χ4v) is 4.53. The molecular weight excluding hydrogens is 382 g/mol. The first-order chi connectivity index (χ1) is 13.0. The number of phenols is 1. The Labute approximate surface area is 166 Å². The summed E-state index contributed by atoms with van der Waals surface area (Å²) in [6.45, 7) is 2.66.